The van der Waals surface area contributed by atoms with E-state index in [1.807, 2.05) is 13.8 Å². The Balaban J connectivity index is 0.000000531. The zero-order valence-electron chi connectivity index (χ0n) is 10.6. The fourth-order valence-corrected chi connectivity index (χ4v) is 2.32. The minimum Gasteiger partial charge on any atom is -0.375 e. The van der Waals surface area contributed by atoms with Gasteiger partial charge in [-0.15, -0.1) is 0 Å². The van der Waals surface area contributed by atoms with Gasteiger partial charge >= 0.3 is 0 Å². The average molecular weight is 213 g/mol. The smallest absolute Gasteiger partial charge is 0.0603 e. The minimum atomic E-state index is 0.559. The second-order valence-corrected chi connectivity index (χ2v) is 4.45. The highest BCUT2D eigenvalue weighted by atomic mass is 16.5. The quantitative estimate of drug-likeness (QED) is 0.778. The van der Waals surface area contributed by atoms with Crippen LogP contribution < -0.4 is 5.32 Å². The third-order valence-electron chi connectivity index (χ3n) is 3.44. The fraction of sp³-hybridized carbons (Fsp3) is 1.00. The van der Waals surface area contributed by atoms with E-state index in [9.17, 15) is 0 Å². The van der Waals surface area contributed by atoms with Crippen molar-refractivity contribution in [3.8, 4) is 0 Å². The van der Waals surface area contributed by atoms with Crippen molar-refractivity contribution >= 4 is 0 Å². The summed E-state index contributed by atoms with van der Waals surface area (Å²) in [6, 6.07) is 0. The zero-order chi connectivity index (χ0) is 11.1. The van der Waals surface area contributed by atoms with Crippen LogP contribution in [0.15, 0.2) is 0 Å². The highest BCUT2D eigenvalue weighted by molar-refractivity contribution is 4.81. The molecule has 1 saturated heterocycles. The second-order valence-electron chi connectivity index (χ2n) is 4.45. The van der Waals surface area contributed by atoms with Crippen molar-refractivity contribution in [3.05, 3.63) is 0 Å². The van der Waals surface area contributed by atoms with E-state index in [0.29, 0.717) is 12.2 Å². The topological polar surface area (TPSA) is 21.3 Å². The molecule has 0 atom stereocenters. The maximum absolute atomic E-state index is 6.02. The molecule has 0 amide bonds. The van der Waals surface area contributed by atoms with E-state index < -0.39 is 0 Å². The van der Waals surface area contributed by atoms with Crippen LogP contribution in [-0.4, -0.2) is 25.3 Å². The Morgan fingerprint density at radius 3 is 2.20 bits per heavy atom. The van der Waals surface area contributed by atoms with Gasteiger partial charge in [-0.05, 0) is 44.7 Å². The van der Waals surface area contributed by atoms with Crippen LogP contribution in [0.5, 0.6) is 0 Å². The number of nitrogens with one attached hydrogen (secondary N) is 1. The average Bonchev–Trinajstić information content (AvgIpc) is 2.27. The molecule has 2 fully saturated rings. The molecule has 0 bridgehead atoms. The molecule has 1 aliphatic carbocycles. The maximum Gasteiger partial charge on any atom is 0.0603 e. The molecule has 1 N–H and O–H groups in total. The fourth-order valence-electron chi connectivity index (χ4n) is 2.32. The molecule has 15 heavy (non-hydrogen) atoms. The largest absolute Gasteiger partial charge is 0.375 e. The lowest BCUT2D eigenvalue weighted by atomic mass is 9.80. The zero-order valence-corrected chi connectivity index (χ0v) is 10.6. The van der Waals surface area contributed by atoms with Gasteiger partial charge in [0.25, 0.3) is 0 Å². The monoisotopic (exact) mass is 213 g/mol. The first-order chi connectivity index (χ1) is 7.38. The van der Waals surface area contributed by atoms with Crippen molar-refractivity contribution in [3.63, 3.8) is 0 Å². The maximum atomic E-state index is 6.02. The molecule has 2 aliphatic rings. The summed E-state index contributed by atoms with van der Waals surface area (Å²) < 4.78 is 6.02. The first kappa shape index (κ1) is 13.0. The van der Waals surface area contributed by atoms with Gasteiger partial charge in [-0.1, -0.05) is 27.2 Å². The lowest BCUT2D eigenvalue weighted by Gasteiger charge is -2.38. The Morgan fingerprint density at radius 2 is 1.67 bits per heavy atom. The van der Waals surface area contributed by atoms with Gasteiger partial charge in [-0.25, -0.2) is 0 Å². The molecule has 0 aromatic rings. The summed E-state index contributed by atoms with van der Waals surface area (Å²) in [5.41, 5.74) is 0. The van der Waals surface area contributed by atoms with Crippen LogP contribution in [0, 0.1) is 5.92 Å². The van der Waals surface area contributed by atoms with E-state index in [0.717, 1.165) is 19.0 Å². The second kappa shape index (κ2) is 7.24. The molecule has 0 radical (unpaired) electrons. The number of hydrogen-bond donors (Lipinski definition) is 1. The van der Waals surface area contributed by atoms with Crippen molar-refractivity contribution in [2.75, 3.05) is 13.1 Å². The van der Waals surface area contributed by atoms with E-state index in [-0.39, 0.29) is 0 Å². The normalized spacial score (nSPS) is 31.4. The molecular formula is C13H27NO. The van der Waals surface area contributed by atoms with Gasteiger partial charge in [-0.2, -0.15) is 0 Å². The van der Waals surface area contributed by atoms with Crippen molar-refractivity contribution in [1.82, 2.24) is 5.32 Å². The third-order valence-corrected chi connectivity index (χ3v) is 3.44. The summed E-state index contributed by atoms with van der Waals surface area (Å²) in [5, 5.41) is 3.36. The molecular weight excluding hydrogens is 186 g/mol. The van der Waals surface area contributed by atoms with Gasteiger partial charge in [0.15, 0.2) is 0 Å². The number of piperidine rings is 1. The predicted octanol–water partition coefficient (Wildman–Crippen LogP) is 2.97. The Bertz CT molecular complexity index is 149. The lowest BCUT2D eigenvalue weighted by Crippen LogP contribution is -2.39. The third kappa shape index (κ3) is 4.12. The predicted molar refractivity (Wildman–Crippen MR) is 65.1 cm³/mol. The highest BCUT2D eigenvalue weighted by Gasteiger charge is 2.30. The summed E-state index contributed by atoms with van der Waals surface area (Å²) in [5.74, 6) is 0.965. The Labute approximate surface area is 94.8 Å². The van der Waals surface area contributed by atoms with Crippen molar-refractivity contribution < 1.29 is 4.74 Å². The molecule has 2 nitrogen and oxygen atoms in total. The van der Waals surface area contributed by atoms with Crippen LogP contribution in [0.3, 0.4) is 0 Å². The summed E-state index contributed by atoms with van der Waals surface area (Å²) >= 11 is 0. The number of hydrogen-bond acceptors (Lipinski definition) is 2. The molecule has 1 saturated carbocycles. The summed E-state index contributed by atoms with van der Waals surface area (Å²) in [6.07, 6.45) is 7.57. The molecule has 0 spiro atoms. The van der Waals surface area contributed by atoms with Gasteiger partial charge in [0.1, 0.15) is 0 Å². The van der Waals surface area contributed by atoms with E-state index >= 15 is 0 Å². The van der Waals surface area contributed by atoms with Crippen molar-refractivity contribution in [2.45, 2.75) is 65.1 Å². The van der Waals surface area contributed by atoms with Gasteiger partial charge in [-0.3, -0.25) is 0 Å². The van der Waals surface area contributed by atoms with Crippen LogP contribution in [0.2, 0.25) is 0 Å². The summed E-state index contributed by atoms with van der Waals surface area (Å²) in [7, 11) is 0. The number of ether oxygens (including phenoxy) is 1. The van der Waals surface area contributed by atoms with Gasteiger partial charge in [0.2, 0.25) is 0 Å². The molecule has 90 valence electrons. The molecule has 2 heteroatoms. The van der Waals surface area contributed by atoms with Gasteiger partial charge < -0.3 is 10.1 Å². The standard InChI is InChI=1S/C11H21NO.C2H6/c1-2-9-7-11(8-9)13-10-3-5-12-6-4-10;1-2/h9-12H,2-8H2,1H3;1-2H3. The van der Waals surface area contributed by atoms with E-state index in [1.165, 1.54) is 32.1 Å². The SMILES string of the molecule is CC.CCC1CC(OC2CCNCC2)C1. The van der Waals surface area contributed by atoms with Crippen LogP contribution in [0.25, 0.3) is 0 Å². The van der Waals surface area contributed by atoms with Crippen LogP contribution in [0.1, 0.15) is 52.9 Å². The van der Waals surface area contributed by atoms with Gasteiger partial charge in [0.05, 0.1) is 12.2 Å². The van der Waals surface area contributed by atoms with Gasteiger partial charge in [0, 0.05) is 0 Å². The Kier molecular flexibility index (Phi) is 6.26. The lowest BCUT2D eigenvalue weighted by molar-refractivity contribution is -0.0848. The molecule has 2 rings (SSSR count). The Hall–Kier alpha value is -0.0800. The van der Waals surface area contributed by atoms with Crippen molar-refractivity contribution in [2.24, 2.45) is 5.92 Å². The summed E-state index contributed by atoms with van der Waals surface area (Å²) in [6.45, 7) is 8.58. The summed E-state index contributed by atoms with van der Waals surface area (Å²) in [4.78, 5) is 0. The van der Waals surface area contributed by atoms with E-state index in [2.05, 4.69) is 12.2 Å². The Morgan fingerprint density at radius 1 is 1.07 bits per heavy atom. The van der Waals surface area contributed by atoms with E-state index in [4.69, 9.17) is 4.74 Å². The molecule has 0 aromatic carbocycles. The first-order valence-corrected chi connectivity index (χ1v) is 6.74. The molecule has 0 unspecified atom stereocenters. The van der Waals surface area contributed by atoms with Crippen LogP contribution in [-0.2, 0) is 4.74 Å². The van der Waals surface area contributed by atoms with Crippen LogP contribution in [0.4, 0.5) is 0 Å². The van der Waals surface area contributed by atoms with Crippen molar-refractivity contribution in [1.29, 1.82) is 0 Å². The number of rotatable bonds is 3. The highest BCUT2D eigenvalue weighted by Crippen LogP contribution is 2.33. The molecule has 1 aliphatic heterocycles. The van der Waals surface area contributed by atoms with Crippen LogP contribution >= 0.6 is 0 Å². The minimum absolute atomic E-state index is 0.559. The molecule has 1 heterocycles. The first-order valence-electron chi connectivity index (χ1n) is 6.74. The molecule has 0 aromatic heterocycles. The van der Waals surface area contributed by atoms with E-state index in [1.54, 1.807) is 0 Å².